The number of methoxy groups -OCH3 is 1. The second kappa shape index (κ2) is 8.01. The average molecular weight is 202 g/mol. The summed E-state index contributed by atoms with van der Waals surface area (Å²) in [7, 11) is 1.69. The molecule has 2 N–H and O–H groups in total. The molecule has 4 heteroatoms. The Kier molecular flexibility index (Phi) is 7.63. The zero-order chi connectivity index (χ0) is 10.1. The highest BCUT2D eigenvalue weighted by Gasteiger charge is 1.97. The maximum absolute atomic E-state index is 5.04. The number of nitrogens with one attached hydrogen (secondary N) is 2. The van der Waals surface area contributed by atoms with Crippen LogP contribution in [0.2, 0.25) is 0 Å². The summed E-state index contributed by atoms with van der Waals surface area (Å²) < 4.78 is 4.91. The Hall–Kier alpha value is -0.610. The molecular formula is C9H18N2OS. The molecule has 0 rings (SSSR count). The topological polar surface area (TPSA) is 33.3 Å². The Labute approximate surface area is 85.5 Å². The van der Waals surface area contributed by atoms with Crippen molar-refractivity contribution in [1.82, 2.24) is 10.6 Å². The van der Waals surface area contributed by atoms with Crippen molar-refractivity contribution < 1.29 is 4.74 Å². The van der Waals surface area contributed by atoms with Crippen LogP contribution in [0.5, 0.6) is 0 Å². The lowest BCUT2D eigenvalue weighted by atomic mass is 10.3. The van der Waals surface area contributed by atoms with Crippen molar-refractivity contribution in [3.05, 3.63) is 12.7 Å². The van der Waals surface area contributed by atoms with Crippen molar-refractivity contribution in [2.75, 3.05) is 20.3 Å². The van der Waals surface area contributed by atoms with Crippen LogP contribution in [0.1, 0.15) is 13.3 Å². The van der Waals surface area contributed by atoms with Gasteiger partial charge >= 0.3 is 0 Å². The molecule has 0 saturated carbocycles. The van der Waals surface area contributed by atoms with Crippen LogP contribution in [0.4, 0.5) is 0 Å². The average Bonchev–Trinajstić information content (AvgIpc) is 2.12. The second-order valence-electron chi connectivity index (χ2n) is 2.77. The van der Waals surface area contributed by atoms with Gasteiger partial charge in [0.1, 0.15) is 0 Å². The Morgan fingerprint density at radius 1 is 1.69 bits per heavy atom. The van der Waals surface area contributed by atoms with E-state index in [0.717, 1.165) is 19.6 Å². The van der Waals surface area contributed by atoms with Crippen LogP contribution in [-0.4, -0.2) is 31.4 Å². The fourth-order valence-electron chi connectivity index (χ4n) is 0.735. The molecule has 0 aliphatic carbocycles. The number of hydrogen-bond acceptors (Lipinski definition) is 2. The standard InChI is InChI=1S/C9H18N2OS/c1-4-8(2)11-9(13)10-6-5-7-12-3/h4,8H,1,5-7H2,2-3H3,(H2,10,11,13). The van der Waals surface area contributed by atoms with E-state index in [1.54, 1.807) is 7.11 Å². The van der Waals surface area contributed by atoms with E-state index in [9.17, 15) is 0 Å². The Balaban J connectivity index is 3.35. The normalized spacial score (nSPS) is 11.8. The molecule has 13 heavy (non-hydrogen) atoms. The zero-order valence-electron chi connectivity index (χ0n) is 8.30. The molecule has 76 valence electrons. The molecule has 0 aliphatic heterocycles. The Bertz CT molecular complexity index is 162. The van der Waals surface area contributed by atoms with Gasteiger partial charge in [-0.15, -0.1) is 6.58 Å². The zero-order valence-corrected chi connectivity index (χ0v) is 9.12. The SMILES string of the molecule is C=CC(C)NC(=S)NCCCOC. The molecule has 0 fully saturated rings. The summed E-state index contributed by atoms with van der Waals surface area (Å²) >= 11 is 5.04. The summed E-state index contributed by atoms with van der Waals surface area (Å²) in [6.45, 7) is 7.24. The predicted molar refractivity (Wildman–Crippen MR) is 59.9 cm³/mol. The van der Waals surface area contributed by atoms with Crippen LogP contribution in [0.15, 0.2) is 12.7 Å². The van der Waals surface area contributed by atoms with Crippen molar-refractivity contribution in [2.24, 2.45) is 0 Å². The van der Waals surface area contributed by atoms with Gasteiger partial charge in [0.15, 0.2) is 5.11 Å². The fraction of sp³-hybridized carbons (Fsp3) is 0.667. The van der Waals surface area contributed by atoms with Gasteiger partial charge in [-0.2, -0.15) is 0 Å². The molecule has 0 spiro atoms. The smallest absolute Gasteiger partial charge is 0.166 e. The number of rotatable bonds is 6. The first-order valence-electron chi connectivity index (χ1n) is 4.36. The van der Waals surface area contributed by atoms with Crippen molar-refractivity contribution >= 4 is 17.3 Å². The molecule has 0 aromatic carbocycles. The number of hydrogen-bond donors (Lipinski definition) is 2. The first kappa shape index (κ1) is 12.4. The van der Waals surface area contributed by atoms with E-state index in [2.05, 4.69) is 17.2 Å². The first-order chi connectivity index (χ1) is 6.20. The minimum Gasteiger partial charge on any atom is -0.385 e. The third-order valence-corrected chi connectivity index (χ3v) is 1.79. The third kappa shape index (κ3) is 7.74. The maximum atomic E-state index is 5.04. The number of thiocarbonyl (C=S) groups is 1. The molecule has 1 atom stereocenters. The monoisotopic (exact) mass is 202 g/mol. The van der Waals surface area contributed by atoms with Crippen LogP contribution < -0.4 is 10.6 Å². The molecule has 0 saturated heterocycles. The maximum Gasteiger partial charge on any atom is 0.166 e. The number of ether oxygens (including phenoxy) is 1. The summed E-state index contributed by atoms with van der Waals surface area (Å²) in [4.78, 5) is 0. The molecule has 0 aliphatic rings. The van der Waals surface area contributed by atoms with Crippen molar-refractivity contribution in [3.63, 3.8) is 0 Å². The van der Waals surface area contributed by atoms with E-state index in [4.69, 9.17) is 17.0 Å². The summed E-state index contributed by atoms with van der Waals surface area (Å²) in [5.41, 5.74) is 0. The first-order valence-corrected chi connectivity index (χ1v) is 4.77. The molecule has 0 aromatic rings. The summed E-state index contributed by atoms with van der Waals surface area (Å²) in [5.74, 6) is 0. The van der Waals surface area contributed by atoms with Crippen LogP contribution in [0, 0.1) is 0 Å². The van der Waals surface area contributed by atoms with Gasteiger partial charge in [0.25, 0.3) is 0 Å². The van der Waals surface area contributed by atoms with Gasteiger partial charge < -0.3 is 15.4 Å². The van der Waals surface area contributed by atoms with Crippen molar-refractivity contribution in [1.29, 1.82) is 0 Å². The van der Waals surface area contributed by atoms with Gasteiger partial charge in [-0.3, -0.25) is 0 Å². The van der Waals surface area contributed by atoms with Crippen LogP contribution in [0.25, 0.3) is 0 Å². The molecule has 0 aromatic heterocycles. The molecule has 0 amide bonds. The van der Waals surface area contributed by atoms with E-state index >= 15 is 0 Å². The van der Waals surface area contributed by atoms with Crippen LogP contribution in [0.3, 0.4) is 0 Å². The van der Waals surface area contributed by atoms with Gasteiger partial charge in [-0.1, -0.05) is 6.08 Å². The van der Waals surface area contributed by atoms with Gasteiger partial charge in [-0.05, 0) is 25.6 Å². The lowest BCUT2D eigenvalue weighted by Crippen LogP contribution is -2.40. The molecule has 0 heterocycles. The predicted octanol–water partition coefficient (Wildman–Crippen LogP) is 1.06. The molecule has 1 unspecified atom stereocenters. The highest BCUT2D eigenvalue weighted by Crippen LogP contribution is 1.82. The van der Waals surface area contributed by atoms with Crippen molar-refractivity contribution in [2.45, 2.75) is 19.4 Å². The van der Waals surface area contributed by atoms with Crippen molar-refractivity contribution in [3.8, 4) is 0 Å². The van der Waals surface area contributed by atoms with Gasteiger partial charge in [0.05, 0.1) is 0 Å². The van der Waals surface area contributed by atoms with E-state index in [1.807, 2.05) is 13.0 Å². The van der Waals surface area contributed by atoms with E-state index in [-0.39, 0.29) is 6.04 Å². The Morgan fingerprint density at radius 2 is 2.38 bits per heavy atom. The van der Waals surface area contributed by atoms with Crippen LogP contribution >= 0.6 is 12.2 Å². The second-order valence-corrected chi connectivity index (χ2v) is 3.18. The molecule has 3 nitrogen and oxygen atoms in total. The fourth-order valence-corrected chi connectivity index (χ4v) is 1.02. The third-order valence-electron chi connectivity index (χ3n) is 1.52. The highest BCUT2D eigenvalue weighted by molar-refractivity contribution is 7.80. The lowest BCUT2D eigenvalue weighted by Gasteiger charge is -2.13. The van der Waals surface area contributed by atoms with Crippen LogP contribution in [-0.2, 0) is 4.74 Å². The van der Waals surface area contributed by atoms with Gasteiger partial charge in [0, 0.05) is 26.3 Å². The quantitative estimate of drug-likeness (QED) is 0.383. The van der Waals surface area contributed by atoms with E-state index in [1.165, 1.54) is 0 Å². The summed E-state index contributed by atoms with van der Waals surface area (Å²) in [6, 6.07) is 0.211. The summed E-state index contributed by atoms with van der Waals surface area (Å²) in [5, 5.41) is 6.81. The summed E-state index contributed by atoms with van der Waals surface area (Å²) in [6.07, 6.45) is 2.77. The highest BCUT2D eigenvalue weighted by atomic mass is 32.1. The van der Waals surface area contributed by atoms with E-state index in [0.29, 0.717) is 5.11 Å². The largest absolute Gasteiger partial charge is 0.385 e. The lowest BCUT2D eigenvalue weighted by molar-refractivity contribution is 0.195. The van der Waals surface area contributed by atoms with E-state index < -0.39 is 0 Å². The molecule has 0 bridgehead atoms. The molecular weight excluding hydrogens is 184 g/mol. The Morgan fingerprint density at radius 3 is 2.92 bits per heavy atom. The minimum absolute atomic E-state index is 0.211. The van der Waals surface area contributed by atoms with Gasteiger partial charge in [-0.25, -0.2) is 0 Å². The minimum atomic E-state index is 0.211. The van der Waals surface area contributed by atoms with Gasteiger partial charge in [0.2, 0.25) is 0 Å². The molecule has 0 radical (unpaired) electrons.